The summed E-state index contributed by atoms with van der Waals surface area (Å²) in [5.41, 5.74) is 2.30. The van der Waals surface area contributed by atoms with Crippen LogP contribution in [-0.2, 0) is 4.84 Å². The standard InChI is InChI=1S/C9H11NO/c1-8-3-5-9(6-4-8)7-10-11-2/h3-7H,1-2H3/b10-7-. The number of aryl methyl sites for hydroxylation is 1. The van der Waals surface area contributed by atoms with Crippen LogP contribution in [0.1, 0.15) is 11.1 Å². The summed E-state index contributed by atoms with van der Waals surface area (Å²) in [5.74, 6) is 0. The van der Waals surface area contributed by atoms with Crippen molar-refractivity contribution in [1.29, 1.82) is 0 Å². The normalized spacial score (nSPS) is 10.4. The van der Waals surface area contributed by atoms with Gasteiger partial charge < -0.3 is 4.84 Å². The number of benzene rings is 1. The van der Waals surface area contributed by atoms with Crippen LogP contribution in [0.15, 0.2) is 29.4 Å². The van der Waals surface area contributed by atoms with Gasteiger partial charge in [0.2, 0.25) is 0 Å². The molecule has 1 aromatic carbocycles. The predicted octanol–water partition coefficient (Wildman–Crippen LogP) is 1.98. The molecule has 0 aliphatic rings. The van der Waals surface area contributed by atoms with E-state index in [4.69, 9.17) is 0 Å². The molecular formula is C9H11NO. The first-order valence-corrected chi connectivity index (χ1v) is 3.46. The van der Waals surface area contributed by atoms with Crippen LogP contribution in [0.25, 0.3) is 0 Å². The third-order valence-electron chi connectivity index (χ3n) is 1.38. The first-order chi connectivity index (χ1) is 5.33. The molecule has 0 aromatic heterocycles. The first kappa shape index (κ1) is 7.79. The number of hydrogen-bond acceptors (Lipinski definition) is 2. The molecule has 0 aliphatic heterocycles. The van der Waals surface area contributed by atoms with Gasteiger partial charge in [-0.25, -0.2) is 0 Å². The van der Waals surface area contributed by atoms with E-state index in [1.165, 1.54) is 12.7 Å². The molecule has 58 valence electrons. The fraction of sp³-hybridized carbons (Fsp3) is 0.222. The van der Waals surface area contributed by atoms with Crippen molar-refractivity contribution in [2.24, 2.45) is 5.16 Å². The van der Waals surface area contributed by atoms with Gasteiger partial charge in [-0.15, -0.1) is 0 Å². The molecule has 0 atom stereocenters. The predicted molar refractivity (Wildman–Crippen MR) is 45.8 cm³/mol. The lowest BCUT2D eigenvalue weighted by atomic mass is 10.2. The van der Waals surface area contributed by atoms with Crippen molar-refractivity contribution in [1.82, 2.24) is 0 Å². The average molecular weight is 149 g/mol. The second-order valence-corrected chi connectivity index (χ2v) is 2.33. The van der Waals surface area contributed by atoms with Crippen LogP contribution in [0.4, 0.5) is 0 Å². The van der Waals surface area contributed by atoms with E-state index in [0.29, 0.717) is 0 Å². The van der Waals surface area contributed by atoms with Gasteiger partial charge in [-0.3, -0.25) is 0 Å². The van der Waals surface area contributed by atoms with E-state index in [2.05, 4.69) is 16.9 Å². The zero-order valence-corrected chi connectivity index (χ0v) is 6.74. The van der Waals surface area contributed by atoms with Crippen LogP contribution in [0.5, 0.6) is 0 Å². The molecule has 11 heavy (non-hydrogen) atoms. The molecule has 0 fully saturated rings. The smallest absolute Gasteiger partial charge is 0.106 e. The van der Waals surface area contributed by atoms with Crippen LogP contribution in [-0.4, -0.2) is 13.3 Å². The fourth-order valence-corrected chi connectivity index (χ4v) is 0.766. The Hall–Kier alpha value is -1.31. The maximum atomic E-state index is 4.55. The summed E-state index contributed by atoms with van der Waals surface area (Å²) >= 11 is 0. The summed E-state index contributed by atoms with van der Waals surface area (Å²) in [6, 6.07) is 8.07. The van der Waals surface area contributed by atoms with Crippen molar-refractivity contribution in [3.8, 4) is 0 Å². The Labute approximate surface area is 66.5 Å². The van der Waals surface area contributed by atoms with Crippen LogP contribution < -0.4 is 0 Å². The molecule has 0 bridgehead atoms. The molecule has 0 saturated carbocycles. The summed E-state index contributed by atoms with van der Waals surface area (Å²) in [6.45, 7) is 2.05. The molecule has 1 aromatic rings. The Balaban J connectivity index is 2.73. The molecule has 0 spiro atoms. The second-order valence-electron chi connectivity index (χ2n) is 2.33. The molecule has 2 nitrogen and oxygen atoms in total. The summed E-state index contributed by atoms with van der Waals surface area (Å²) < 4.78 is 0. The minimum atomic E-state index is 1.05. The highest BCUT2D eigenvalue weighted by atomic mass is 16.6. The van der Waals surface area contributed by atoms with E-state index >= 15 is 0 Å². The zero-order valence-electron chi connectivity index (χ0n) is 6.74. The van der Waals surface area contributed by atoms with Gasteiger partial charge in [0.05, 0.1) is 6.21 Å². The lowest BCUT2D eigenvalue weighted by Gasteiger charge is -1.92. The van der Waals surface area contributed by atoms with Gasteiger partial charge in [-0.1, -0.05) is 35.0 Å². The zero-order chi connectivity index (χ0) is 8.10. The molecular weight excluding hydrogens is 138 g/mol. The second kappa shape index (κ2) is 3.76. The molecule has 0 heterocycles. The minimum absolute atomic E-state index is 1.05. The lowest BCUT2D eigenvalue weighted by Crippen LogP contribution is -1.81. The summed E-state index contributed by atoms with van der Waals surface area (Å²) in [5, 5.41) is 3.65. The highest BCUT2D eigenvalue weighted by Gasteiger charge is 1.85. The minimum Gasteiger partial charge on any atom is -0.399 e. The lowest BCUT2D eigenvalue weighted by molar-refractivity contribution is 0.215. The third kappa shape index (κ3) is 2.42. The van der Waals surface area contributed by atoms with Gasteiger partial charge in [0, 0.05) is 0 Å². The van der Waals surface area contributed by atoms with E-state index in [0.717, 1.165) is 5.56 Å². The molecule has 0 amide bonds. The molecule has 0 saturated heterocycles. The topological polar surface area (TPSA) is 21.6 Å². The molecule has 0 N–H and O–H groups in total. The van der Waals surface area contributed by atoms with Gasteiger partial charge in [-0.2, -0.15) is 0 Å². The van der Waals surface area contributed by atoms with Crippen molar-refractivity contribution in [2.45, 2.75) is 6.92 Å². The highest BCUT2D eigenvalue weighted by molar-refractivity contribution is 5.78. The van der Waals surface area contributed by atoms with E-state index in [9.17, 15) is 0 Å². The van der Waals surface area contributed by atoms with E-state index in [1.807, 2.05) is 24.3 Å². The summed E-state index contributed by atoms with van der Waals surface area (Å²) in [7, 11) is 1.53. The number of oxime groups is 1. The average Bonchev–Trinajstić information content (AvgIpc) is 2.04. The van der Waals surface area contributed by atoms with Crippen molar-refractivity contribution < 1.29 is 4.84 Å². The quantitative estimate of drug-likeness (QED) is 0.465. The highest BCUT2D eigenvalue weighted by Crippen LogP contribution is 1.99. The van der Waals surface area contributed by atoms with Gasteiger partial charge >= 0.3 is 0 Å². The maximum Gasteiger partial charge on any atom is 0.106 e. The maximum absolute atomic E-state index is 4.55. The van der Waals surface area contributed by atoms with Gasteiger partial charge in [0.25, 0.3) is 0 Å². The Kier molecular flexibility index (Phi) is 2.66. The number of rotatable bonds is 2. The Morgan fingerprint density at radius 1 is 1.27 bits per heavy atom. The Bertz CT molecular complexity index is 238. The molecule has 2 heteroatoms. The van der Waals surface area contributed by atoms with Crippen LogP contribution in [0.3, 0.4) is 0 Å². The van der Waals surface area contributed by atoms with Crippen LogP contribution >= 0.6 is 0 Å². The van der Waals surface area contributed by atoms with Gasteiger partial charge in [0.1, 0.15) is 7.11 Å². The number of hydrogen-bond donors (Lipinski definition) is 0. The van der Waals surface area contributed by atoms with Crippen molar-refractivity contribution in [3.63, 3.8) is 0 Å². The molecule has 0 aliphatic carbocycles. The van der Waals surface area contributed by atoms with E-state index in [1.54, 1.807) is 6.21 Å². The fourth-order valence-electron chi connectivity index (χ4n) is 0.766. The molecule has 1 rings (SSSR count). The van der Waals surface area contributed by atoms with E-state index in [-0.39, 0.29) is 0 Å². The van der Waals surface area contributed by atoms with Crippen molar-refractivity contribution >= 4 is 6.21 Å². The molecule has 0 radical (unpaired) electrons. The SMILES string of the molecule is CO/N=C\c1ccc(C)cc1. The first-order valence-electron chi connectivity index (χ1n) is 3.46. The van der Waals surface area contributed by atoms with Gasteiger partial charge in [-0.05, 0) is 12.5 Å². The van der Waals surface area contributed by atoms with Crippen LogP contribution in [0, 0.1) is 6.92 Å². The monoisotopic (exact) mass is 149 g/mol. The third-order valence-corrected chi connectivity index (χ3v) is 1.38. The Morgan fingerprint density at radius 3 is 2.45 bits per heavy atom. The molecule has 0 unspecified atom stereocenters. The number of nitrogens with zero attached hydrogens (tertiary/aromatic N) is 1. The van der Waals surface area contributed by atoms with Crippen molar-refractivity contribution in [3.05, 3.63) is 35.4 Å². The van der Waals surface area contributed by atoms with Crippen LogP contribution in [0.2, 0.25) is 0 Å². The Morgan fingerprint density at radius 2 is 1.91 bits per heavy atom. The van der Waals surface area contributed by atoms with Crippen molar-refractivity contribution in [2.75, 3.05) is 7.11 Å². The summed E-state index contributed by atoms with van der Waals surface area (Å²) in [6.07, 6.45) is 1.68. The van der Waals surface area contributed by atoms with Gasteiger partial charge in [0.15, 0.2) is 0 Å². The van der Waals surface area contributed by atoms with E-state index < -0.39 is 0 Å². The summed E-state index contributed by atoms with van der Waals surface area (Å²) in [4.78, 5) is 4.55. The largest absolute Gasteiger partial charge is 0.399 e.